The Balaban J connectivity index is 2.08. The van der Waals surface area contributed by atoms with Crippen molar-refractivity contribution in [1.82, 2.24) is 15.1 Å². The van der Waals surface area contributed by atoms with Crippen molar-refractivity contribution in [3.05, 3.63) is 46.2 Å². The van der Waals surface area contributed by atoms with E-state index in [0.717, 1.165) is 28.9 Å². The molecule has 0 saturated carbocycles. The molecule has 102 valence electrons. The molecule has 3 nitrogen and oxygen atoms in total. The summed E-state index contributed by atoms with van der Waals surface area (Å²) in [4.78, 5) is 0. The Bertz CT molecular complexity index is 546. The Hall–Kier alpha value is -1.13. The zero-order valence-corrected chi connectivity index (χ0v) is 13.2. The molecule has 2 rings (SSSR count). The van der Waals surface area contributed by atoms with Crippen molar-refractivity contribution in [2.24, 2.45) is 5.92 Å². The highest BCUT2D eigenvalue weighted by molar-refractivity contribution is 9.10. The minimum atomic E-state index is 0.660. The SMILES string of the molecule is Cc1ccc(-n2ccc(CNCC(C)C)n2)c(Br)c1. The van der Waals surface area contributed by atoms with Crippen LogP contribution in [0.4, 0.5) is 0 Å². The van der Waals surface area contributed by atoms with Gasteiger partial charge < -0.3 is 5.32 Å². The summed E-state index contributed by atoms with van der Waals surface area (Å²) in [5.41, 5.74) is 3.37. The minimum Gasteiger partial charge on any atom is -0.311 e. The highest BCUT2D eigenvalue weighted by Crippen LogP contribution is 2.21. The Morgan fingerprint density at radius 3 is 2.79 bits per heavy atom. The highest BCUT2D eigenvalue weighted by atomic mass is 79.9. The van der Waals surface area contributed by atoms with Crippen LogP contribution in [0.2, 0.25) is 0 Å². The van der Waals surface area contributed by atoms with E-state index in [2.05, 4.69) is 71.4 Å². The van der Waals surface area contributed by atoms with Crippen LogP contribution in [0, 0.1) is 12.8 Å². The third kappa shape index (κ3) is 3.91. The van der Waals surface area contributed by atoms with Gasteiger partial charge in [0.25, 0.3) is 0 Å². The molecule has 1 aromatic carbocycles. The number of halogens is 1. The second-order valence-corrected chi connectivity index (χ2v) is 6.09. The third-order valence-electron chi connectivity index (χ3n) is 2.85. The largest absolute Gasteiger partial charge is 0.311 e. The topological polar surface area (TPSA) is 29.9 Å². The number of aromatic nitrogens is 2. The monoisotopic (exact) mass is 321 g/mol. The van der Waals surface area contributed by atoms with Crippen LogP contribution in [-0.4, -0.2) is 16.3 Å². The van der Waals surface area contributed by atoms with E-state index >= 15 is 0 Å². The standard InChI is InChI=1S/C15H20BrN3/c1-11(2)9-17-10-13-6-7-19(18-13)15-5-4-12(3)8-14(15)16/h4-8,11,17H,9-10H2,1-3H3. The van der Waals surface area contributed by atoms with Gasteiger partial charge in [-0.1, -0.05) is 19.9 Å². The van der Waals surface area contributed by atoms with Gasteiger partial charge in [-0.15, -0.1) is 0 Å². The molecular formula is C15H20BrN3. The lowest BCUT2D eigenvalue weighted by atomic mass is 10.2. The summed E-state index contributed by atoms with van der Waals surface area (Å²) >= 11 is 3.59. The van der Waals surface area contributed by atoms with Crippen LogP contribution in [0.15, 0.2) is 34.9 Å². The van der Waals surface area contributed by atoms with E-state index in [1.165, 1.54) is 5.56 Å². The number of aryl methyl sites for hydroxylation is 1. The molecule has 0 saturated heterocycles. The van der Waals surface area contributed by atoms with Crippen molar-refractivity contribution in [2.45, 2.75) is 27.3 Å². The van der Waals surface area contributed by atoms with E-state index in [1.807, 2.05) is 10.9 Å². The lowest BCUT2D eigenvalue weighted by molar-refractivity contribution is 0.546. The highest BCUT2D eigenvalue weighted by Gasteiger charge is 2.05. The van der Waals surface area contributed by atoms with E-state index in [-0.39, 0.29) is 0 Å². The molecule has 1 heterocycles. The number of hydrogen-bond acceptors (Lipinski definition) is 2. The van der Waals surface area contributed by atoms with Crippen molar-refractivity contribution in [3.63, 3.8) is 0 Å². The lowest BCUT2D eigenvalue weighted by Gasteiger charge is -2.06. The zero-order chi connectivity index (χ0) is 13.8. The summed E-state index contributed by atoms with van der Waals surface area (Å²) in [7, 11) is 0. The number of nitrogens with one attached hydrogen (secondary N) is 1. The van der Waals surface area contributed by atoms with Crippen LogP contribution in [0.25, 0.3) is 5.69 Å². The molecule has 1 aromatic heterocycles. The molecule has 0 aliphatic carbocycles. The van der Waals surface area contributed by atoms with Crippen molar-refractivity contribution >= 4 is 15.9 Å². The Labute approximate surface area is 123 Å². The average molecular weight is 322 g/mol. The van der Waals surface area contributed by atoms with Gasteiger partial charge in [-0.05, 0) is 59.1 Å². The number of hydrogen-bond donors (Lipinski definition) is 1. The van der Waals surface area contributed by atoms with Crippen LogP contribution in [0.3, 0.4) is 0 Å². The van der Waals surface area contributed by atoms with Gasteiger partial charge >= 0.3 is 0 Å². The van der Waals surface area contributed by atoms with Gasteiger partial charge in [-0.2, -0.15) is 5.10 Å². The van der Waals surface area contributed by atoms with Crippen LogP contribution in [0.1, 0.15) is 25.1 Å². The fourth-order valence-electron chi connectivity index (χ4n) is 1.88. The Kier molecular flexibility index (Phi) is 4.77. The van der Waals surface area contributed by atoms with E-state index in [9.17, 15) is 0 Å². The van der Waals surface area contributed by atoms with Crippen LogP contribution in [-0.2, 0) is 6.54 Å². The van der Waals surface area contributed by atoms with Gasteiger partial charge in [-0.3, -0.25) is 0 Å². The predicted octanol–water partition coefficient (Wildman–Crippen LogP) is 3.69. The van der Waals surface area contributed by atoms with Crippen LogP contribution in [0.5, 0.6) is 0 Å². The molecule has 0 fully saturated rings. The average Bonchev–Trinajstić information content (AvgIpc) is 2.77. The molecule has 19 heavy (non-hydrogen) atoms. The van der Waals surface area contributed by atoms with Crippen LogP contribution < -0.4 is 5.32 Å². The van der Waals surface area contributed by atoms with Gasteiger partial charge in [0.1, 0.15) is 0 Å². The Morgan fingerprint density at radius 1 is 1.32 bits per heavy atom. The molecule has 0 atom stereocenters. The van der Waals surface area contributed by atoms with Crippen molar-refractivity contribution in [3.8, 4) is 5.69 Å². The van der Waals surface area contributed by atoms with Gasteiger partial charge in [0.05, 0.1) is 11.4 Å². The molecule has 0 radical (unpaired) electrons. The number of nitrogens with zero attached hydrogens (tertiary/aromatic N) is 2. The maximum Gasteiger partial charge on any atom is 0.0787 e. The van der Waals surface area contributed by atoms with E-state index in [0.29, 0.717) is 5.92 Å². The molecule has 1 N–H and O–H groups in total. The molecule has 0 bridgehead atoms. The molecular weight excluding hydrogens is 302 g/mol. The summed E-state index contributed by atoms with van der Waals surface area (Å²) in [6.45, 7) is 8.32. The maximum atomic E-state index is 4.59. The predicted molar refractivity (Wildman–Crippen MR) is 82.5 cm³/mol. The number of rotatable bonds is 5. The normalized spacial score (nSPS) is 11.2. The van der Waals surface area contributed by atoms with Gasteiger partial charge in [0.2, 0.25) is 0 Å². The third-order valence-corrected chi connectivity index (χ3v) is 3.49. The first-order valence-electron chi connectivity index (χ1n) is 6.58. The lowest BCUT2D eigenvalue weighted by Crippen LogP contribution is -2.19. The number of benzene rings is 1. The molecule has 0 aliphatic rings. The second kappa shape index (κ2) is 6.35. The fraction of sp³-hybridized carbons (Fsp3) is 0.400. The molecule has 4 heteroatoms. The molecule has 2 aromatic rings. The molecule has 0 aliphatic heterocycles. The smallest absolute Gasteiger partial charge is 0.0787 e. The van der Waals surface area contributed by atoms with Gasteiger partial charge in [0.15, 0.2) is 0 Å². The van der Waals surface area contributed by atoms with Gasteiger partial charge in [0, 0.05) is 17.2 Å². The molecule has 0 amide bonds. The summed E-state index contributed by atoms with van der Waals surface area (Å²) in [5, 5.41) is 7.99. The summed E-state index contributed by atoms with van der Waals surface area (Å²) in [6, 6.07) is 8.34. The first kappa shape index (κ1) is 14.3. The van der Waals surface area contributed by atoms with E-state index in [1.54, 1.807) is 0 Å². The fourth-order valence-corrected chi connectivity index (χ4v) is 2.55. The Morgan fingerprint density at radius 2 is 2.11 bits per heavy atom. The van der Waals surface area contributed by atoms with Gasteiger partial charge in [-0.25, -0.2) is 4.68 Å². The maximum absolute atomic E-state index is 4.59. The van der Waals surface area contributed by atoms with Crippen molar-refractivity contribution in [1.29, 1.82) is 0 Å². The van der Waals surface area contributed by atoms with E-state index < -0.39 is 0 Å². The summed E-state index contributed by atoms with van der Waals surface area (Å²) < 4.78 is 2.98. The molecule has 0 spiro atoms. The zero-order valence-electron chi connectivity index (χ0n) is 11.7. The second-order valence-electron chi connectivity index (χ2n) is 5.23. The van der Waals surface area contributed by atoms with Crippen molar-refractivity contribution in [2.75, 3.05) is 6.54 Å². The summed E-state index contributed by atoms with van der Waals surface area (Å²) in [5.74, 6) is 0.660. The quantitative estimate of drug-likeness (QED) is 0.910. The van der Waals surface area contributed by atoms with E-state index in [4.69, 9.17) is 0 Å². The minimum absolute atomic E-state index is 0.660. The molecule has 0 unspecified atom stereocenters. The van der Waals surface area contributed by atoms with Crippen molar-refractivity contribution < 1.29 is 0 Å². The first-order valence-corrected chi connectivity index (χ1v) is 7.37. The summed E-state index contributed by atoms with van der Waals surface area (Å²) in [6.07, 6.45) is 2.00. The first-order chi connectivity index (χ1) is 9.06. The van der Waals surface area contributed by atoms with Crippen LogP contribution >= 0.6 is 15.9 Å².